The number of thiophene rings is 1. The Balaban J connectivity index is 1.09. The molecule has 2 atom stereocenters. The normalized spacial score (nSPS) is 18.6. The highest BCUT2D eigenvalue weighted by atomic mass is 32.1. The molecule has 1 aliphatic heterocycles. The molecular weight excluding hydrogens is 603 g/mol. The lowest BCUT2D eigenvalue weighted by atomic mass is 9.82. The van der Waals surface area contributed by atoms with Crippen molar-refractivity contribution in [1.29, 1.82) is 0 Å². The molecule has 3 heterocycles. The first-order valence-corrected chi connectivity index (χ1v) is 17.7. The van der Waals surface area contributed by atoms with E-state index in [2.05, 4.69) is 158 Å². The predicted molar refractivity (Wildman–Crippen MR) is 202 cm³/mol. The molecule has 0 fully saturated rings. The van der Waals surface area contributed by atoms with Crippen LogP contribution < -0.4 is 4.74 Å². The molecule has 8 aromatic rings. The van der Waals surface area contributed by atoms with Crippen LogP contribution in [-0.2, 0) is 5.41 Å². The molecule has 2 aliphatic carbocycles. The van der Waals surface area contributed by atoms with Crippen molar-refractivity contribution in [2.75, 3.05) is 0 Å². The Kier molecular flexibility index (Phi) is 5.20. The van der Waals surface area contributed by atoms with Crippen LogP contribution in [0.15, 0.2) is 140 Å². The Hall–Kier alpha value is -5.38. The van der Waals surface area contributed by atoms with Crippen LogP contribution in [0.25, 0.3) is 64.4 Å². The Labute approximate surface area is 282 Å². The van der Waals surface area contributed by atoms with Crippen molar-refractivity contribution in [3.63, 3.8) is 0 Å². The minimum absolute atomic E-state index is 0.0432. The first-order valence-electron chi connectivity index (χ1n) is 16.8. The van der Waals surface area contributed by atoms with Gasteiger partial charge in [0.2, 0.25) is 0 Å². The van der Waals surface area contributed by atoms with Crippen LogP contribution >= 0.6 is 11.3 Å². The van der Waals surface area contributed by atoms with Gasteiger partial charge in [0.25, 0.3) is 0 Å². The third-order valence-electron chi connectivity index (χ3n) is 11.2. The molecule has 2 nitrogen and oxygen atoms in total. The van der Waals surface area contributed by atoms with Gasteiger partial charge in [0.15, 0.2) is 0 Å². The summed E-state index contributed by atoms with van der Waals surface area (Å²) in [4.78, 5) is 0. The second-order valence-corrected chi connectivity index (χ2v) is 15.1. The lowest BCUT2D eigenvalue weighted by Crippen LogP contribution is -2.17. The van der Waals surface area contributed by atoms with Gasteiger partial charge >= 0.3 is 0 Å². The van der Waals surface area contributed by atoms with Crippen LogP contribution in [0, 0.1) is 0 Å². The average Bonchev–Trinajstić information content (AvgIpc) is 3.84. The van der Waals surface area contributed by atoms with Crippen LogP contribution in [0.5, 0.6) is 5.75 Å². The van der Waals surface area contributed by atoms with E-state index < -0.39 is 0 Å². The number of para-hydroxylation sites is 2. The molecule has 0 spiro atoms. The predicted octanol–water partition coefficient (Wildman–Crippen LogP) is 12.0. The highest BCUT2D eigenvalue weighted by molar-refractivity contribution is 7.26. The molecule has 2 aromatic heterocycles. The monoisotopic (exact) mass is 633 g/mol. The van der Waals surface area contributed by atoms with E-state index in [4.69, 9.17) is 4.74 Å². The molecule has 228 valence electrons. The van der Waals surface area contributed by atoms with Gasteiger partial charge in [-0.15, -0.1) is 11.3 Å². The zero-order chi connectivity index (χ0) is 31.7. The zero-order valence-electron chi connectivity index (χ0n) is 26.7. The number of nitrogens with zero attached hydrogens (tertiary/aromatic N) is 1. The van der Waals surface area contributed by atoms with Crippen LogP contribution in [-0.4, -0.2) is 10.7 Å². The summed E-state index contributed by atoms with van der Waals surface area (Å²) >= 11 is 1.90. The van der Waals surface area contributed by atoms with Gasteiger partial charge in [-0.05, 0) is 75.9 Å². The van der Waals surface area contributed by atoms with E-state index >= 15 is 0 Å². The van der Waals surface area contributed by atoms with Gasteiger partial charge in [0.05, 0.1) is 21.4 Å². The van der Waals surface area contributed by atoms with Gasteiger partial charge in [0.1, 0.15) is 11.9 Å². The number of hydrogen-bond acceptors (Lipinski definition) is 2. The van der Waals surface area contributed by atoms with Gasteiger partial charge in [-0.1, -0.05) is 111 Å². The fraction of sp³-hybridized carbons (Fsp3) is 0.111. The van der Waals surface area contributed by atoms with Gasteiger partial charge < -0.3 is 9.30 Å². The van der Waals surface area contributed by atoms with Crippen molar-refractivity contribution in [2.45, 2.75) is 31.3 Å². The standard InChI is InChI=1S/C45H31NOS/c1-45(2)36-14-6-3-10-28(36)34-24-35-29-11-4-7-15-38(29)46(40(35)25-37(34)45)39-16-9-13-33-32-21-19-27(23-43(32)48-44(33)39)26-18-20-31-30-12-5-8-17-41(30)47-42(31)22-26/h3-25,31,42H,1-2H3. The van der Waals surface area contributed by atoms with Crippen LogP contribution in [0.4, 0.5) is 0 Å². The fourth-order valence-corrected chi connectivity index (χ4v) is 10.1. The maximum absolute atomic E-state index is 6.36. The van der Waals surface area contributed by atoms with E-state index in [0.29, 0.717) is 0 Å². The molecule has 0 saturated heterocycles. The maximum atomic E-state index is 6.36. The summed E-state index contributed by atoms with van der Waals surface area (Å²) < 4.78 is 11.5. The molecule has 6 aromatic carbocycles. The summed E-state index contributed by atoms with van der Waals surface area (Å²) in [6, 6.07) is 45.0. The minimum Gasteiger partial charge on any atom is -0.485 e. The average molecular weight is 634 g/mol. The van der Waals surface area contributed by atoms with E-state index in [0.717, 1.165) is 5.75 Å². The van der Waals surface area contributed by atoms with E-state index in [1.54, 1.807) is 0 Å². The molecule has 48 heavy (non-hydrogen) atoms. The first kappa shape index (κ1) is 26.7. The van der Waals surface area contributed by atoms with E-state index in [1.807, 2.05) is 11.3 Å². The Morgan fingerprint density at radius 1 is 0.667 bits per heavy atom. The summed E-state index contributed by atoms with van der Waals surface area (Å²) in [6.07, 6.45) is 6.95. The van der Waals surface area contributed by atoms with Crippen molar-refractivity contribution < 1.29 is 4.74 Å². The van der Waals surface area contributed by atoms with Crippen LogP contribution in [0.2, 0.25) is 0 Å². The third-order valence-corrected chi connectivity index (χ3v) is 12.3. The number of fused-ring (bicyclic) bond motifs is 12. The summed E-state index contributed by atoms with van der Waals surface area (Å²) in [5, 5.41) is 5.22. The highest BCUT2D eigenvalue weighted by Crippen LogP contribution is 2.51. The Morgan fingerprint density at radius 3 is 2.46 bits per heavy atom. The summed E-state index contributed by atoms with van der Waals surface area (Å²) in [6.45, 7) is 4.74. The fourth-order valence-electron chi connectivity index (χ4n) is 8.81. The molecule has 3 heteroatoms. The lowest BCUT2D eigenvalue weighted by molar-refractivity contribution is 0.269. The van der Waals surface area contributed by atoms with Gasteiger partial charge in [0, 0.05) is 43.1 Å². The molecule has 0 radical (unpaired) electrons. The molecule has 11 rings (SSSR count). The van der Waals surface area contributed by atoms with Gasteiger partial charge in [-0.3, -0.25) is 0 Å². The van der Waals surface area contributed by atoms with Crippen molar-refractivity contribution >= 4 is 58.9 Å². The second-order valence-electron chi connectivity index (χ2n) is 14.0. The SMILES string of the molecule is CC1(C)c2ccccc2-c2cc3c4ccccc4n(-c4cccc5c4sc4cc(C6=CC7Oc8ccccc8C7C=C6)ccc45)c3cc21. The lowest BCUT2D eigenvalue weighted by Gasteiger charge is -2.21. The third kappa shape index (κ3) is 3.47. The van der Waals surface area contributed by atoms with Gasteiger partial charge in [-0.2, -0.15) is 0 Å². The maximum Gasteiger partial charge on any atom is 0.128 e. The highest BCUT2D eigenvalue weighted by Gasteiger charge is 2.36. The van der Waals surface area contributed by atoms with E-state index in [1.165, 1.54) is 86.6 Å². The zero-order valence-corrected chi connectivity index (χ0v) is 27.5. The molecule has 0 amide bonds. The van der Waals surface area contributed by atoms with E-state index in [-0.39, 0.29) is 17.4 Å². The first-order chi connectivity index (χ1) is 23.5. The minimum atomic E-state index is -0.0595. The molecule has 0 bridgehead atoms. The summed E-state index contributed by atoms with van der Waals surface area (Å²) in [5.74, 6) is 1.29. The molecule has 0 N–H and O–H groups in total. The van der Waals surface area contributed by atoms with Crippen molar-refractivity contribution in [3.05, 3.63) is 162 Å². The van der Waals surface area contributed by atoms with Gasteiger partial charge in [-0.25, -0.2) is 0 Å². The number of allylic oxidation sites excluding steroid dienone is 2. The molecular formula is C45H31NOS. The molecule has 3 aliphatic rings. The van der Waals surface area contributed by atoms with Crippen LogP contribution in [0.1, 0.15) is 42.0 Å². The Morgan fingerprint density at radius 2 is 1.50 bits per heavy atom. The second kappa shape index (κ2) is 9.37. The van der Waals surface area contributed by atoms with Crippen molar-refractivity contribution in [3.8, 4) is 22.6 Å². The number of ether oxygens (including phenoxy) is 1. The number of hydrogen-bond donors (Lipinski definition) is 0. The quantitative estimate of drug-likeness (QED) is 0.185. The number of benzene rings is 6. The summed E-state index contributed by atoms with van der Waals surface area (Å²) in [5.41, 5.74) is 13.0. The molecule has 2 unspecified atom stereocenters. The molecule has 0 saturated carbocycles. The van der Waals surface area contributed by atoms with Crippen molar-refractivity contribution in [2.24, 2.45) is 0 Å². The number of rotatable bonds is 2. The topological polar surface area (TPSA) is 14.2 Å². The largest absolute Gasteiger partial charge is 0.485 e. The Bertz CT molecular complexity index is 2750. The smallest absolute Gasteiger partial charge is 0.128 e. The van der Waals surface area contributed by atoms with Crippen molar-refractivity contribution in [1.82, 2.24) is 4.57 Å². The van der Waals surface area contributed by atoms with Crippen LogP contribution in [0.3, 0.4) is 0 Å². The van der Waals surface area contributed by atoms with E-state index in [9.17, 15) is 0 Å². The number of aromatic nitrogens is 1. The summed E-state index contributed by atoms with van der Waals surface area (Å²) in [7, 11) is 0.